The molecule has 1 aliphatic heterocycles. The van der Waals surface area contributed by atoms with Gasteiger partial charge in [0, 0.05) is 23.4 Å². The van der Waals surface area contributed by atoms with Crippen molar-refractivity contribution >= 4 is 32.8 Å². The molecular formula is C22H20BrNO4. The van der Waals surface area contributed by atoms with Gasteiger partial charge >= 0.3 is 6.09 Å². The number of epoxide rings is 1. The maximum absolute atomic E-state index is 12.2. The van der Waals surface area contributed by atoms with Gasteiger partial charge in [0.2, 0.25) is 0 Å². The highest BCUT2D eigenvalue weighted by Crippen LogP contribution is 2.41. The molecule has 1 fully saturated rings. The van der Waals surface area contributed by atoms with Crippen molar-refractivity contribution in [3.63, 3.8) is 0 Å². The van der Waals surface area contributed by atoms with Crippen molar-refractivity contribution in [1.29, 1.82) is 0 Å². The lowest BCUT2D eigenvalue weighted by molar-refractivity contribution is 0.198. The van der Waals surface area contributed by atoms with Crippen molar-refractivity contribution in [3.05, 3.63) is 70.2 Å². The number of nitrogens with one attached hydrogen (secondary N) is 1. The molecule has 0 saturated carbocycles. The Morgan fingerprint density at radius 2 is 1.96 bits per heavy atom. The molecule has 0 bridgehead atoms. The molecule has 1 heterocycles. The Balaban J connectivity index is 1.63. The normalized spacial score (nSPS) is 15.3. The zero-order valence-corrected chi connectivity index (χ0v) is 17.0. The highest BCUT2D eigenvalue weighted by Gasteiger charge is 2.24. The Kier molecular flexibility index (Phi) is 5.50. The molecule has 1 N–H and O–H groups in total. The Morgan fingerprint density at radius 1 is 1.18 bits per heavy atom. The van der Waals surface area contributed by atoms with Crippen LogP contribution in [0.25, 0.3) is 10.8 Å². The van der Waals surface area contributed by atoms with Gasteiger partial charge in [0.25, 0.3) is 0 Å². The highest BCUT2D eigenvalue weighted by molar-refractivity contribution is 9.10. The van der Waals surface area contributed by atoms with Crippen LogP contribution in [0.4, 0.5) is 4.79 Å². The van der Waals surface area contributed by atoms with Crippen LogP contribution in [0.3, 0.4) is 0 Å². The number of fused-ring (bicyclic) bond motifs is 1. The molecule has 0 spiro atoms. The van der Waals surface area contributed by atoms with Crippen LogP contribution in [0.15, 0.2) is 59.1 Å². The monoisotopic (exact) mass is 441 g/mol. The molecule has 28 heavy (non-hydrogen) atoms. The number of benzene rings is 3. The van der Waals surface area contributed by atoms with Crippen LogP contribution >= 0.6 is 15.9 Å². The fourth-order valence-electron chi connectivity index (χ4n) is 3.00. The minimum Gasteiger partial charge on any atom is -0.488 e. The van der Waals surface area contributed by atoms with Gasteiger partial charge in [-0.05, 0) is 34.0 Å². The van der Waals surface area contributed by atoms with E-state index in [0.717, 1.165) is 26.4 Å². The van der Waals surface area contributed by atoms with E-state index in [0.29, 0.717) is 31.3 Å². The number of halogens is 1. The third-order valence-corrected chi connectivity index (χ3v) is 5.34. The van der Waals surface area contributed by atoms with E-state index >= 15 is 0 Å². The number of carbonyl (C=O) groups is 1. The summed E-state index contributed by atoms with van der Waals surface area (Å²) in [5.74, 6) is 1.08. The number of carbonyl (C=O) groups excluding carboxylic acids is 1. The quantitative estimate of drug-likeness (QED) is 0.548. The van der Waals surface area contributed by atoms with Gasteiger partial charge in [-0.15, -0.1) is 0 Å². The summed E-state index contributed by atoms with van der Waals surface area (Å²) in [6.07, 6.45) is -0.419. The maximum atomic E-state index is 12.2. The van der Waals surface area contributed by atoms with E-state index in [-0.39, 0.29) is 6.10 Å². The highest BCUT2D eigenvalue weighted by atomic mass is 79.9. The van der Waals surface area contributed by atoms with Crippen molar-refractivity contribution in [2.45, 2.75) is 19.6 Å². The lowest BCUT2D eigenvalue weighted by atomic mass is 10.0. The standard InChI is InChI=1S/C22H20BrNO4/c1-14-6-5-9-17-18(27-12-15-7-3-2-4-8-15)10-19(21(23)20(14)17)28-22(25)24-11-16-13-26-16/h2-10,16H,11-13H2,1H3,(H,24,25). The number of ether oxygens (including phenoxy) is 3. The van der Waals surface area contributed by atoms with Crippen molar-refractivity contribution in [3.8, 4) is 11.5 Å². The molecule has 3 aromatic carbocycles. The third-order valence-electron chi connectivity index (χ3n) is 4.55. The second kappa shape index (κ2) is 8.20. The smallest absolute Gasteiger partial charge is 0.412 e. The minimum atomic E-state index is -0.516. The lowest BCUT2D eigenvalue weighted by Gasteiger charge is -2.16. The summed E-state index contributed by atoms with van der Waals surface area (Å²) < 4.78 is 17.5. The fourth-order valence-corrected chi connectivity index (χ4v) is 3.72. The molecule has 0 radical (unpaired) electrons. The van der Waals surface area contributed by atoms with Gasteiger partial charge in [-0.3, -0.25) is 0 Å². The Hall–Kier alpha value is -2.57. The Morgan fingerprint density at radius 3 is 2.71 bits per heavy atom. The van der Waals surface area contributed by atoms with Gasteiger partial charge in [0.15, 0.2) is 5.75 Å². The van der Waals surface area contributed by atoms with Crippen molar-refractivity contribution in [2.75, 3.05) is 13.2 Å². The maximum Gasteiger partial charge on any atom is 0.412 e. The van der Waals surface area contributed by atoms with E-state index < -0.39 is 6.09 Å². The van der Waals surface area contributed by atoms with E-state index in [1.807, 2.05) is 55.5 Å². The molecule has 1 saturated heterocycles. The fraction of sp³-hybridized carbons (Fsp3) is 0.227. The predicted octanol–water partition coefficient (Wildman–Crippen LogP) is 4.98. The molecular weight excluding hydrogens is 422 g/mol. The molecule has 1 atom stereocenters. The number of hydrogen-bond donors (Lipinski definition) is 1. The van der Waals surface area contributed by atoms with Gasteiger partial charge in [-0.25, -0.2) is 4.79 Å². The van der Waals surface area contributed by atoms with E-state index in [1.54, 1.807) is 6.07 Å². The van der Waals surface area contributed by atoms with E-state index in [4.69, 9.17) is 14.2 Å². The first-order valence-corrected chi connectivity index (χ1v) is 9.87. The molecule has 4 rings (SSSR count). The van der Waals surface area contributed by atoms with Crippen LogP contribution in [0.2, 0.25) is 0 Å². The number of aryl methyl sites for hydroxylation is 1. The average Bonchev–Trinajstić information content (AvgIpc) is 3.53. The molecule has 3 aromatic rings. The average molecular weight is 442 g/mol. The van der Waals surface area contributed by atoms with Crippen molar-refractivity contribution in [1.82, 2.24) is 5.32 Å². The molecule has 6 heteroatoms. The summed E-state index contributed by atoms with van der Waals surface area (Å²) in [6.45, 7) is 3.57. The summed E-state index contributed by atoms with van der Waals surface area (Å²) in [5, 5.41) is 4.63. The topological polar surface area (TPSA) is 60.1 Å². The van der Waals surface area contributed by atoms with Crippen LogP contribution in [0.1, 0.15) is 11.1 Å². The predicted molar refractivity (Wildman–Crippen MR) is 111 cm³/mol. The van der Waals surface area contributed by atoms with Crippen LogP contribution in [-0.2, 0) is 11.3 Å². The van der Waals surface area contributed by atoms with E-state index in [2.05, 4.69) is 21.2 Å². The Bertz CT molecular complexity index is 1000. The molecule has 0 aliphatic carbocycles. The van der Waals surface area contributed by atoms with Gasteiger partial charge in [-0.2, -0.15) is 0 Å². The lowest BCUT2D eigenvalue weighted by Crippen LogP contribution is -2.30. The van der Waals surface area contributed by atoms with Gasteiger partial charge < -0.3 is 19.5 Å². The second-order valence-corrected chi connectivity index (χ2v) is 7.48. The van der Waals surface area contributed by atoms with E-state index in [9.17, 15) is 4.79 Å². The first kappa shape index (κ1) is 18.8. The number of rotatable bonds is 6. The van der Waals surface area contributed by atoms with Crippen LogP contribution < -0.4 is 14.8 Å². The number of hydrogen-bond acceptors (Lipinski definition) is 4. The zero-order chi connectivity index (χ0) is 19.5. The molecule has 5 nitrogen and oxygen atoms in total. The van der Waals surface area contributed by atoms with Crippen LogP contribution in [-0.4, -0.2) is 25.3 Å². The first-order valence-electron chi connectivity index (χ1n) is 9.07. The Labute approximate surface area is 171 Å². The summed E-state index contributed by atoms with van der Waals surface area (Å²) in [4.78, 5) is 12.2. The van der Waals surface area contributed by atoms with Crippen LogP contribution in [0.5, 0.6) is 11.5 Å². The number of amides is 1. The molecule has 0 aromatic heterocycles. The minimum absolute atomic E-state index is 0.0969. The zero-order valence-electron chi connectivity index (χ0n) is 15.4. The molecule has 144 valence electrons. The molecule has 1 unspecified atom stereocenters. The van der Waals surface area contributed by atoms with E-state index in [1.165, 1.54) is 0 Å². The van der Waals surface area contributed by atoms with Crippen molar-refractivity contribution < 1.29 is 19.0 Å². The van der Waals surface area contributed by atoms with Gasteiger partial charge in [0.05, 0.1) is 17.2 Å². The summed E-state index contributed by atoms with van der Waals surface area (Å²) in [5.41, 5.74) is 2.13. The van der Waals surface area contributed by atoms with Crippen molar-refractivity contribution in [2.24, 2.45) is 0 Å². The molecule has 1 aliphatic rings. The summed E-state index contributed by atoms with van der Waals surface area (Å²) in [7, 11) is 0. The molecule has 1 amide bonds. The second-order valence-electron chi connectivity index (χ2n) is 6.68. The van der Waals surface area contributed by atoms with Crippen LogP contribution in [0, 0.1) is 6.92 Å². The summed E-state index contributed by atoms with van der Waals surface area (Å²) in [6, 6.07) is 17.7. The van der Waals surface area contributed by atoms with Gasteiger partial charge in [-0.1, -0.05) is 48.5 Å². The summed E-state index contributed by atoms with van der Waals surface area (Å²) >= 11 is 3.60. The third kappa shape index (κ3) is 4.29. The first-order chi connectivity index (χ1) is 13.6. The van der Waals surface area contributed by atoms with Gasteiger partial charge in [0.1, 0.15) is 12.4 Å². The largest absolute Gasteiger partial charge is 0.488 e. The SMILES string of the molecule is Cc1cccc2c(OCc3ccccc3)cc(OC(=O)NCC3CO3)c(Br)c12.